The van der Waals surface area contributed by atoms with Crippen LogP contribution in [0.15, 0.2) is 0 Å². The molecule has 0 saturated carbocycles. The quantitative estimate of drug-likeness (QED) is 0.679. The zero-order valence-corrected chi connectivity index (χ0v) is 12.5. The zero-order chi connectivity index (χ0) is 14.3. The lowest BCUT2D eigenvalue weighted by atomic mass is 9.97. The van der Waals surface area contributed by atoms with E-state index < -0.39 is 5.54 Å². The van der Waals surface area contributed by atoms with Gasteiger partial charge in [-0.3, -0.25) is 10.1 Å². The van der Waals surface area contributed by atoms with Gasteiger partial charge >= 0.3 is 5.97 Å². The molecule has 0 aromatic rings. The third-order valence-corrected chi connectivity index (χ3v) is 3.18. The molecule has 0 amide bonds. The fraction of sp³-hybridized carbons (Fsp3) is 0.929. The van der Waals surface area contributed by atoms with Crippen molar-refractivity contribution in [2.45, 2.75) is 58.2 Å². The van der Waals surface area contributed by atoms with E-state index in [9.17, 15) is 4.79 Å². The Morgan fingerprint density at radius 2 is 2.26 bits per heavy atom. The van der Waals surface area contributed by atoms with Gasteiger partial charge in [0, 0.05) is 19.3 Å². The summed E-state index contributed by atoms with van der Waals surface area (Å²) in [7, 11) is 0. The highest BCUT2D eigenvalue weighted by atomic mass is 16.5. The molecule has 1 aliphatic heterocycles. The van der Waals surface area contributed by atoms with Gasteiger partial charge in [0.2, 0.25) is 0 Å². The topological polar surface area (TPSA) is 56.8 Å². The summed E-state index contributed by atoms with van der Waals surface area (Å²) < 4.78 is 16.1. The number of ether oxygens (including phenoxy) is 3. The molecule has 5 nitrogen and oxygen atoms in total. The number of nitrogens with one attached hydrogen (secondary N) is 1. The highest BCUT2D eigenvalue weighted by Crippen LogP contribution is 2.16. The van der Waals surface area contributed by atoms with Gasteiger partial charge in [0.1, 0.15) is 5.54 Å². The minimum atomic E-state index is -0.691. The van der Waals surface area contributed by atoms with E-state index in [0.29, 0.717) is 26.2 Å². The van der Waals surface area contributed by atoms with Crippen LogP contribution in [-0.4, -0.2) is 50.1 Å². The molecular weight excluding hydrogens is 246 g/mol. The summed E-state index contributed by atoms with van der Waals surface area (Å²) in [5, 5.41) is 3.28. The molecule has 0 bridgehead atoms. The van der Waals surface area contributed by atoms with Crippen molar-refractivity contribution in [2.75, 3.05) is 26.4 Å². The number of hydrogen-bond donors (Lipinski definition) is 1. The summed E-state index contributed by atoms with van der Waals surface area (Å²) in [5.74, 6) is -0.213. The van der Waals surface area contributed by atoms with Crippen LogP contribution in [0.25, 0.3) is 0 Å². The van der Waals surface area contributed by atoms with Crippen LogP contribution < -0.4 is 5.32 Å². The SMILES string of the molecule is CCOC(=O)C(C)(CCOC1CCOC1)NC(C)C. The normalized spacial score (nSPS) is 22.5. The zero-order valence-electron chi connectivity index (χ0n) is 12.5. The van der Waals surface area contributed by atoms with E-state index in [1.807, 2.05) is 27.7 Å². The van der Waals surface area contributed by atoms with Crippen LogP contribution in [0.3, 0.4) is 0 Å². The van der Waals surface area contributed by atoms with E-state index in [1.54, 1.807) is 0 Å². The molecular formula is C14H27NO4. The number of rotatable bonds is 8. The summed E-state index contributed by atoms with van der Waals surface area (Å²) in [6.07, 6.45) is 1.71. The second-order valence-electron chi connectivity index (χ2n) is 5.46. The number of hydrogen-bond acceptors (Lipinski definition) is 5. The van der Waals surface area contributed by atoms with Crippen LogP contribution in [0.5, 0.6) is 0 Å². The van der Waals surface area contributed by atoms with E-state index in [1.165, 1.54) is 0 Å². The Morgan fingerprint density at radius 3 is 2.79 bits per heavy atom. The van der Waals surface area contributed by atoms with E-state index in [0.717, 1.165) is 13.0 Å². The number of carbonyl (C=O) groups is 1. The Bertz CT molecular complexity index is 277. The van der Waals surface area contributed by atoms with Crippen molar-refractivity contribution in [1.29, 1.82) is 0 Å². The molecule has 2 atom stereocenters. The van der Waals surface area contributed by atoms with Gasteiger partial charge in [-0.05, 0) is 40.5 Å². The average molecular weight is 273 g/mol. The molecule has 0 aromatic carbocycles. The fourth-order valence-electron chi connectivity index (χ4n) is 2.23. The molecule has 112 valence electrons. The van der Waals surface area contributed by atoms with Gasteiger partial charge < -0.3 is 14.2 Å². The molecule has 1 aliphatic rings. The second-order valence-corrected chi connectivity index (χ2v) is 5.46. The Hall–Kier alpha value is -0.650. The summed E-state index contributed by atoms with van der Waals surface area (Å²) in [4.78, 5) is 12.1. The van der Waals surface area contributed by atoms with Gasteiger partial charge in [-0.15, -0.1) is 0 Å². The number of carbonyl (C=O) groups excluding carboxylic acids is 1. The van der Waals surface area contributed by atoms with Crippen LogP contribution >= 0.6 is 0 Å². The molecule has 0 radical (unpaired) electrons. The van der Waals surface area contributed by atoms with E-state index in [2.05, 4.69) is 5.32 Å². The molecule has 19 heavy (non-hydrogen) atoms. The minimum absolute atomic E-state index is 0.172. The maximum atomic E-state index is 12.1. The smallest absolute Gasteiger partial charge is 0.326 e. The summed E-state index contributed by atoms with van der Waals surface area (Å²) in [5.41, 5.74) is -0.691. The molecule has 0 aliphatic carbocycles. The van der Waals surface area contributed by atoms with Gasteiger partial charge in [0.05, 0.1) is 19.3 Å². The predicted molar refractivity (Wildman–Crippen MR) is 73.1 cm³/mol. The third kappa shape index (κ3) is 5.47. The summed E-state index contributed by atoms with van der Waals surface area (Å²) in [6.45, 7) is 10.1. The molecule has 1 fully saturated rings. The van der Waals surface area contributed by atoms with E-state index >= 15 is 0 Å². The summed E-state index contributed by atoms with van der Waals surface area (Å²) >= 11 is 0. The van der Waals surface area contributed by atoms with Crippen LogP contribution in [0.1, 0.15) is 40.5 Å². The van der Waals surface area contributed by atoms with E-state index in [4.69, 9.17) is 14.2 Å². The van der Waals surface area contributed by atoms with Crippen LogP contribution in [0, 0.1) is 0 Å². The monoisotopic (exact) mass is 273 g/mol. The maximum Gasteiger partial charge on any atom is 0.326 e. The maximum absolute atomic E-state index is 12.1. The van der Waals surface area contributed by atoms with Crippen LogP contribution in [-0.2, 0) is 19.0 Å². The molecule has 5 heteroatoms. The van der Waals surface area contributed by atoms with Crippen molar-refractivity contribution in [3.63, 3.8) is 0 Å². The first-order chi connectivity index (χ1) is 8.98. The molecule has 1 saturated heterocycles. The van der Waals surface area contributed by atoms with E-state index in [-0.39, 0.29) is 18.1 Å². The fourth-order valence-corrected chi connectivity index (χ4v) is 2.23. The van der Waals surface area contributed by atoms with Crippen molar-refractivity contribution in [2.24, 2.45) is 0 Å². The first kappa shape index (κ1) is 16.4. The molecule has 2 unspecified atom stereocenters. The van der Waals surface area contributed by atoms with Crippen LogP contribution in [0.2, 0.25) is 0 Å². The molecule has 1 heterocycles. The van der Waals surface area contributed by atoms with Crippen molar-refractivity contribution < 1.29 is 19.0 Å². The van der Waals surface area contributed by atoms with Gasteiger partial charge in [-0.1, -0.05) is 0 Å². The van der Waals surface area contributed by atoms with Crippen molar-refractivity contribution >= 4 is 5.97 Å². The van der Waals surface area contributed by atoms with Gasteiger partial charge in [-0.2, -0.15) is 0 Å². The first-order valence-corrected chi connectivity index (χ1v) is 7.12. The van der Waals surface area contributed by atoms with Gasteiger partial charge in [-0.25, -0.2) is 0 Å². The predicted octanol–water partition coefficient (Wildman–Crippen LogP) is 1.50. The second kappa shape index (κ2) is 7.82. The van der Waals surface area contributed by atoms with Gasteiger partial charge in [0.15, 0.2) is 0 Å². The molecule has 0 spiro atoms. The molecule has 0 aromatic heterocycles. The Kier molecular flexibility index (Phi) is 6.75. The third-order valence-electron chi connectivity index (χ3n) is 3.18. The number of esters is 1. The van der Waals surface area contributed by atoms with Crippen LogP contribution in [0.4, 0.5) is 0 Å². The molecule has 1 rings (SSSR count). The Balaban J connectivity index is 2.45. The largest absolute Gasteiger partial charge is 0.465 e. The minimum Gasteiger partial charge on any atom is -0.465 e. The standard InChI is InChI=1S/C14H27NO4/c1-5-18-13(16)14(4,15-11(2)3)7-9-19-12-6-8-17-10-12/h11-12,15H,5-10H2,1-4H3. The highest BCUT2D eigenvalue weighted by molar-refractivity contribution is 5.80. The van der Waals surface area contributed by atoms with Crippen molar-refractivity contribution in [3.05, 3.63) is 0 Å². The highest BCUT2D eigenvalue weighted by Gasteiger charge is 2.35. The lowest BCUT2D eigenvalue weighted by Crippen LogP contribution is -2.54. The van der Waals surface area contributed by atoms with Gasteiger partial charge in [0.25, 0.3) is 0 Å². The van der Waals surface area contributed by atoms with Crippen molar-refractivity contribution in [1.82, 2.24) is 5.32 Å². The Labute approximate surface area is 116 Å². The van der Waals surface area contributed by atoms with Crippen molar-refractivity contribution in [3.8, 4) is 0 Å². The average Bonchev–Trinajstić information content (AvgIpc) is 2.81. The lowest BCUT2D eigenvalue weighted by Gasteiger charge is -2.31. The first-order valence-electron chi connectivity index (χ1n) is 7.12. The lowest BCUT2D eigenvalue weighted by molar-refractivity contribution is -0.152. The summed E-state index contributed by atoms with van der Waals surface area (Å²) in [6, 6.07) is 0.212. The molecule has 1 N–H and O–H groups in total. The Morgan fingerprint density at radius 1 is 1.53 bits per heavy atom.